The van der Waals surface area contributed by atoms with Crippen molar-refractivity contribution in [3.63, 3.8) is 0 Å². The van der Waals surface area contributed by atoms with Crippen LogP contribution in [0.4, 0.5) is 5.69 Å². The standard InChI is InChI=1S/C18H20N2O2.ClH/c19-12-13-22-16-8-6-15(7-9-16)20-17(21)18(10-11-18)14-4-2-1-3-5-14;/h1-9H,10-13,19H2,(H,20,21);1H. The van der Waals surface area contributed by atoms with E-state index in [1.54, 1.807) is 0 Å². The highest BCUT2D eigenvalue weighted by molar-refractivity contribution is 6.01. The highest BCUT2D eigenvalue weighted by atomic mass is 35.5. The van der Waals surface area contributed by atoms with Crippen LogP contribution in [0.1, 0.15) is 18.4 Å². The molecule has 3 N–H and O–H groups in total. The average Bonchev–Trinajstić information content (AvgIpc) is 3.37. The first-order valence-electron chi connectivity index (χ1n) is 7.54. The average molecular weight is 333 g/mol. The van der Waals surface area contributed by atoms with Gasteiger partial charge in [0.15, 0.2) is 0 Å². The molecule has 4 nitrogen and oxygen atoms in total. The molecule has 3 rings (SSSR count). The van der Waals surface area contributed by atoms with Crippen molar-refractivity contribution in [2.45, 2.75) is 18.3 Å². The normalized spacial score (nSPS) is 14.5. The van der Waals surface area contributed by atoms with Gasteiger partial charge in [-0.2, -0.15) is 0 Å². The maximum atomic E-state index is 12.6. The van der Waals surface area contributed by atoms with Gasteiger partial charge in [0.1, 0.15) is 12.4 Å². The second kappa shape index (κ2) is 7.49. The summed E-state index contributed by atoms with van der Waals surface area (Å²) in [4.78, 5) is 12.6. The Kier molecular flexibility index (Phi) is 5.64. The topological polar surface area (TPSA) is 64.3 Å². The second-order valence-electron chi connectivity index (χ2n) is 5.56. The highest BCUT2D eigenvalue weighted by Gasteiger charge is 2.51. The summed E-state index contributed by atoms with van der Waals surface area (Å²) in [7, 11) is 0. The Morgan fingerprint density at radius 2 is 1.74 bits per heavy atom. The van der Waals surface area contributed by atoms with Crippen LogP contribution in [0.5, 0.6) is 5.75 Å². The van der Waals surface area contributed by atoms with Crippen LogP contribution in [0.3, 0.4) is 0 Å². The van der Waals surface area contributed by atoms with Crippen LogP contribution in [0, 0.1) is 0 Å². The molecule has 0 spiro atoms. The zero-order valence-electron chi connectivity index (χ0n) is 12.8. The quantitative estimate of drug-likeness (QED) is 0.854. The molecule has 0 aliphatic heterocycles. The Hall–Kier alpha value is -2.04. The fourth-order valence-electron chi connectivity index (χ4n) is 2.59. The molecular formula is C18H21ClN2O2. The van der Waals surface area contributed by atoms with Crippen molar-refractivity contribution < 1.29 is 9.53 Å². The molecule has 0 bridgehead atoms. The summed E-state index contributed by atoms with van der Waals surface area (Å²) in [5.74, 6) is 0.821. The van der Waals surface area contributed by atoms with E-state index in [1.165, 1.54) is 0 Å². The molecule has 122 valence electrons. The maximum Gasteiger partial charge on any atom is 0.235 e. The summed E-state index contributed by atoms with van der Waals surface area (Å²) in [6.45, 7) is 0.973. The van der Waals surface area contributed by atoms with E-state index in [0.717, 1.165) is 29.8 Å². The van der Waals surface area contributed by atoms with Crippen LogP contribution in [0.25, 0.3) is 0 Å². The number of amides is 1. The number of hydrogen-bond donors (Lipinski definition) is 2. The number of rotatable bonds is 6. The highest BCUT2D eigenvalue weighted by Crippen LogP contribution is 2.48. The number of carbonyl (C=O) groups excluding carboxylic acids is 1. The summed E-state index contributed by atoms with van der Waals surface area (Å²) in [5.41, 5.74) is 6.93. The Morgan fingerprint density at radius 1 is 1.09 bits per heavy atom. The summed E-state index contributed by atoms with van der Waals surface area (Å²) in [6, 6.07) is 17.4. The number of halogens is 1. The Labute approximate surface area is 142 Å². The van der Waals surface area contributed by atoms with E-state index >= 15 is 0 Å². The SMILES string of the molecule is Cl.NCCOc1ccc(NC(=O)C2(c3ccccc3)CC2)cc1. The molecule has 0 saturated heterocycles. The van der Waals surface area contributed by atoms with Crippen LogP contribution in [-0.4, -0.2) is 19.1 Å². The fraction of sp³-hybridized carbons (Fsp3) is 0.278. The summed E-state index contributed by atoms with van der Waals surface area (Å²) in [6.07, 6.45) is 1.81. The van der Waals surface area contributed by atoms with Crippen molar-refractivity contribution in [2.24, 2.45) is 5.73 Å². The number of anilines is 1. The van der Waals surface area contributed by atoms with Gasteiger partial charge in [-0.15, -0.1) is 12.4 Å². The van der Waals surface area contributed by atoms with Crippen LogP contribution in [0.15, 0.2) is 54.6 Å². The lowest BCUT2D eigenvalue weighted by molar-refractivity contribution is -0.118. The van der Waals surface area contributed by atoms with Gasteiger partial charge in [-0.1, -0.05) is 30.3 Å². The molecule has 23 heavy (non-hydrogen) atoms. The lowest BCUT2D eigenvalue weighted by Gasteiger charge is -2.16. The molecule has 0 aromatic heterocycles. The van der Waals surface area contributed by atoms with Gasteiger partial charge in [0, 0.05) is 12.2 Å². The van der Waals surface area contributed by atoms with Gasteiger partial charge < -0.3 is 15.8 Å². The maximum absolute atomic E-state index is 12.6. The number of nitrogens with two attached hydrogens (primary N) is 1. The molecule has 1 saturated carbocycles. The van der Waals surface area contributed by atoms with Gasteiger partial charge in [0.25, 0.3) is 0 Å². The van der Waals surface area contributed by atoms with Crippen molar-refractivity contribution in [3.8, 4) is 5.75 Å². The Bertz CT molecular complexity index is 640. The monoisotopic (exact) mass is 332 g/mol. The Morgan fingerprint density at radius 3 is 2.30 bits per heavy atom. The number of benzene rings is 2. The van der Waals surface area contributed by atoms with Crippen molar-refractivity contribution in [3.05, 3.63) is 60.2 Å². The Balaban J connectivity index is 0.00000192. The lowest BCUT2D eigenvalue weighted by atomic mass is 9.95. The predicted octanol–water partition coefficient (Wildman–Crippen LogP) is 3.12. The first-order chi connectivity index (χ1) is 10.7. The molecule has 2 aromatic rings. The van der Waals surface area contributed by atoms with Gasteiger partial charge in [-0.3, -0.25) is 4.79 Å². The van der Waals surface area contributed by atoms with Crippen LogP contribution in [-0.2, 0) is 10.2 Å². The van der Waals surface area contributed by atoms with Gasteiger partial charge >= 0.3 is 0 Å². The van der Waals surface area contributed by atoms with E-state index in [-0.39, 0.29) is 23.7 Å². The largest absolute Gasteiger partial charge is 0.492 e. The van der Waals surface area contributed by atoms with E-state index < -0.39 is 0 Å². The zero-order chi connectivity index (χ0) is 15.4. The van der Waals surface area contributed by atoms with Crippen LogP contribution < -0.4 is 15.8 Å². The molecule has 5 heteroatoms. The van der Waals surface area contributed by atoms with E-state index in [9.17, 15) is 4.79 Å². The number of ether oxygens (including phenoxy) is 1. The molecule has 2 aromatic carbocycles. The molecule has 0 atom stereocenters. The predicted molar refractivity (Wildman–Crippen MR) is 94.2 cm³/mol. The van der Waals surface area contributed by atoms with Gasteiger partial charge in [-0.25, -0.2) is 0 Å². The van der Waals surface area contributed by atoms with Crippen molar-refractivity contribution in [2.75, 3.05) is 18.5 Å². The van der Waals surface area contributed by atoms with Gasteiger partial charge in [0.05, 0.1) is 5.41 Å². The first kappa shape index (κ1) is 17.3. The van der Waals surface area contributed by atoms with E-state index in [0.29, 0.717) is 13.2 Å². The minimum atomic E-state index is -0.351. The molecule has 0 unspecified atom stereocenters. The van der Waals surface area contributed by atoms with Crippen molar-refractivity contribution >= 4 is 24.0 Å². The minimum Gasteiger partial charge on any atom is -0.492 e. The molecule has 1 amide bonds. The molecule has 1 aliphatic carbocycles. The number of nitrogens with one attached hydrogen (secondary N) is 1. The zero-order valence-corrected chi connectivity index (χ0v) is 13.6. The summed E-state index contributed by atoms with van der Waals surface area (Å²) < 4.78 is 5.43. The third-order valence-corrected chi connectivity index (χ3v) is 4.01. The lowest BCUT2D eigenvalue weighted by Crippen LogP contribution is -2.27. The van der Waals surface area contributed by atoms with E-state index in [1.807, 2.05) is 54.6 Å². The minimum absolute atomic E-state index is 0. The van der Waals surface area contributed by atoms with Gasteiger partial charge in [-0.05, 0) is 42.7 Å². The van der Waals surface area contributed by atoms with E-state index in [2.05, 4.69) is 5.32 Å². The summed E-state index contributed by atoms with van der Waals surface area (Å²) in [5, 5.41) is 3.01. The van der Waals surface area contributed by atoms with Crippen LogP contribution in [0.2, 0.25) is 0 Å². The molecule has 0 radical (unpaired) electrons. The van der Waals surface area contributed by atoms with Crippen LogP contribution >= 0.6 is 12.4 Å². The first-order valence-corrected chi connectivity index (χ1v) is 7.54. The molecule has 1 fully saturated rings. The van der Waals surface area contributed by atoms with Gasteiger partial charge in [0.2, 0.25) is 5.91 Å². The molecular weight excluding hydrogens is 312 g/mol. The number of hydrogen-bond acceptors (Lipinski definition) is 3. The van der Waals surface area contributed by atoms with Crippen molar-refractivity contribution in [1.82, 2.24) is 0 Å². The smallest absolute Gasteiger partial charge is 0.235 e. The number of carbonyl (C=O) groups is 1. The third kappa shape index (κ3) is 3.84. The summed E-state index contributed by atoms with van der Waals surface area (Å²) >= 11 is 0. The van der Waals surface area contributed by atoms with Crippen molar-refractivity contribution in [1.29, 1.82) is 0 Å². The fourth-order valence-corrected chi connectivity index (χ4v) is 2.59. The molecule has 1 aliphatic rings. The molecule has 0 heterocycles. The second-order valence-corrected chi connectivity index (χ2v) is 5.56. The third-order valence-electron chi connectivity index (χ3n) is 4.01. The van der Waals surface area contributed by atoms with E-state index in [4.69, 9.17) is 10.5 Å².